The number of amides is 1. The Balaban J connectivity index is 1.77. The highest BCUT2D eigenvalue weighted by molar-refractivity contribution is 5.76. The fraction of sp³-hybridized carbons (Fsp3) is 0.444. The number of nitrogens with one attached hydrogen (secondary N) is 1. The summed E-state index contributed by atoms with van der Waals surface area (Å²) < 4.78 is 2.00. The van der Waals surface area contributed by atoms with Gasteiger partial charge in [0.2, 0.25) is 5.91 Å². The lowest BCUT2D eigenvalue weighted by Gasteiger charge is -2.06. The van der Waals surface area contributed by atoms with Gasteiger partial charge in [-0.2, -0.15) is 5.10 Å². The van der Waals surface area contributed by atoms with Crippen LogP contribution < -0.4 is 5.32 Å². The molecule has 4 nitrogen and oxygen atoms in total. The van der Waals surface area contributed by atoms with E-state index in [1.54, 1.807) is 0 Å². The molecule has 22 heavy (non-hydrogen) atoms. The summed E-state index contributed by atoms with van der Waals surface area (Å²) >= 11 is 0. The van der Waals surface area contributed by atoms with E-state index in [-0.39, 0.29) is 5.91 Å². The summed E-state index contributed by atoms with van der Waals surface area (Å²) in [6.07, 6.45) is 2.15. The predicted molar refractivity (Wildman–Crippen MR) is 88.9 cm³/mol. The maximum absolute atomic E-state index is 12.0. The average molecular weight is 299 g/mol. The minimum atomic E-state index is 0.110. The fourth-order valence-electron chi connectivity index (χ4n) is 2.72. The zero-order chi connectivity index (χ0) is 15.9. The Kier molecular flexibility index (Phi) is 5.75. The van der Waals surface area contributed by atoms with Gasteiger partial charge >= 0.3 is 0 Å². The van der Waals surface area contributed by atoms with Crippen LogP contribution in [0.25, 0.3) is 0 Å². The van der Waals surface area contributed by atoms with E-state index in [0.29, 0.717) is 13.0 Å². The Morgan fingerprint density at radius 2 is 1.91 bits per heavy atom. The number of rotatable bonds is 7. The highest BCUT2D eigenvalue weighted by Gasteiger charge is 2.12. The molecule has 0 radical (unpaired) electrons. The van der Waals surface area contributed by atoms with Crippen molar-refractivity contribution >= 4 is 5.91 Å². The molecule has 0 atom stereocenters. The lowest BCUT2D eigenvalue weighted by atomic mass is 10.1. The number of aromatic nitrogens is 2. The van der Waals surface area contributed by atoms with Crippen molar-refractivity contribution in [3.8, 4) is 0 Å². The lowest BCUT2D eigenvalue weighted by Crippen LogP contribution is -2.26. The van der Waals surface area contributed by atoms with Crippen LogP contribution >= 0.6 is 0 Å². The third kappa shape index (κ3) is 4.20. The van der Waals surface area contributed by atoms with Gasteiger partial charge in [-0.3, -0.25) is 9.48 Å². The smallest absolute Gasteiger partial charge is 0.220 e. The number of nitrogens with zero attached hydrogens (tertiary/aromatic N) is 2. The molecule has 0 fully saturated rings. The Morgan fingerprint density at radius 1 is 1.18 bits per heavy atom. The molecular weight excluding hydrogens is 274 g/mol. The lowest BCUT2D eigenvalue weighted by molar-refractivity contribution is -0.121. The Hall–Kier alpha value is -2.10. The number of hydrogen-bond acceptors (Lipinski definition) is 2. The SMILES string of the molecule is CCn1nc(C)c(CCC(=O)NCCc2ccccc2)c1C. The number of benzene rings is 1. The van der Waals surface area contributed by atoms with E-state index in [0.717, 1.165) is 25.1 Å². The van der Waals surface area contributed by atoms with Crippen molar-refractivity contribution in [1.82, 2.24) is 15.1 Å². The quantitative estimate of drug-likeness (QED) is 0.854. The first-order valence-corrected chi connectivity index (χ1v) is 7.95. The molecule has 0 saturated heterocycles. The molecule has 0 spiro atoms. The topological polar surface area (TPSA) is 46.9 Å². The average Bonchev–Trinajstić information content (AvgIpc) is 2.80. The number of hydrogen-bond donors (Lipinski definition) is 1. The van der Waals surface area contributed by atoms with Crippen molar-refractivity contribution in [2.75, 3.05) is 6.54 Å². The first-order chi connectivity index (χ1) is 10.6. The van der Waals surface area contributed by atoms with Crippen LogP contribution in [0.15, 0.2) is 30.3 Å². The van der Waals surface area contributed by atoms with Gasteiger partial charge in [-0.15, -0.1) is 0 Å². The van der Waals surface area contributed by atoms with Gasteiger partial charge in [0.15, 0.2) is 0 Å². The Morgan fingerprint density at radius 3 is 2.55 bits per heavy atom. The maximum atomic E-state index is 12.0. The molecule has 2 aromatic rings. The summed E-state index contributed by atoms with van der Waals surface area (Å²) in [6, 6.07) is 10.2. The van der Waals surface area contributed by atoms with Crippen molar-refractivity contribution < 1.29 is 4.79 Å². The first kappa shape index (κ1) is 16.3. The van der Waals surface area contributed by atoms with Crippen LogP contribution in [0.1, 0.15) is 35.9 Å². The van der Waals surface area contributed by atoms with Crippen molar-refractivity contribution in [2.45, 2.75) is 46.6 Å². The molecule has 4 heteroatoms. The predicted octanol–water partition coefficient (Wildman–Crippen LogP) is 2.81. The normalized spacial score (nSPS) is 10.7. The molecule has 0 unspecified atom stereocenters. The second-order valence-electron chi connectivity index (χ2n) is 5.55. The van der Waals surface area contributed by atoms with E-state index in [9.17, 15) is 4.79 Å². The van der Waals surface area contributed by atoms with Crippen LogP contribution in [-0.4, -0.2) is 22.2 Å². The summed E-state index contributed by atoms with van der Waals surface area (Å²) in [4.78, 5) is 12.0. The highest BCUT2D eigenvalue weighted by atomic mass is 16.1. The first-order valence-electron chi connectivity index (χ1n) is 7.95. The summed E-state index contributed by atoms with van der Waals surface area (Å²) in [5.41, 5.74) is 4.67. The summed E-state index contributed by atoms with van der Waals surface area (Å²) in [6.45, 7) is 7.73. The summed E-state index contributed by atoms with van der Waals surface area (Å²) in [7, 11) is 0. The Labute approximate surface area is 132 Å². The molecule has 0 aliphatic carbocycles. The van der Waals surface area contributed by atoms with Gasteiger partial charge in [-0.1, -0.05) is 30.3 Å². The van der Waals surface area contributed by atoms with Crippen LogP contribution in [-0.2, 0) is 24.2 Å². The molecular formula is C18H25N3O. The molecule has 2 rings (SSSR count). The van der Waals surface area contributed by atoms with Crippen LogP contribution in [0.3, 0.4) is 0 Å². The summed E-state index contributed by atoms with van der Waals surface area (Å²) in [5.74, 6) is 0.110. The minimum absolute atomic E-state index is 0.110. The molecule has 1 N–H and O–H groups in total. The van der Waals surface area contributed by atoms with Gasteiger partial charge in [-0.05, 0) is 44.7 Å². The van der Waals surface area contributed by atoms with Gasteiger partial charge in [0, 0.05) is 25.2 Å². The van der Waals surface area contributed by atoms with Crippen molar-refractivity contribution in [1.29, 1.82) is 0 Å². The van der Waals surface area contributed by atoms with Gasteiger partial charge in [0.1, 0.15) is 0 Å². The molecule has 1 aromatic carbocycles. The zero-order valence-electron chi connectivity index (χ0n) is 13.7. The maximum Gasteiger partial charge on any atom is 0.220 e. The monoisotopic (exact) mass is 299 g/mol. The largest absolute Gasteiger partial charge is 0.356 e. The van der Waals surface area contributed by atoms with Gasteiger partial charge in [0.05, 0.1) is 5.69 Å². The van der Waals surface area contributed by atoms with Crippen LogP contribution in [0.2, 0.25) is 0 Å². The molecule has 0 aliphatic rings. The molecule has 1 aromatic heterocycles. The Bertz CT molecular complexity index is 617. The number of carbonyl (C=O) groups excluding carboxylic acids is 1. The highest BCUT2D eigenvalue weighted by Crippen LogP contribution is 2.15. The van der Waals surface area contributed by atoms with E-state index in [2.05, 4.69) is 36.4 Å². The van der Waals surface area contributed by atoms with Crippen molar-refractivity contribution in [2.24, 2.45) is 0 Å². The molecule has 0 aliphatic heterocycles. The molecule has 1 heterocycles. The minimum Gasteiger partial charge on any atom is -0.356 e. The van der Waals surface area contributed by atoms with Crippen LogP contribution in [0, 0.1) is 13.8 Å². The van der Waals surface area contributed by atoms with Crippen molar-refractivity contribution in [3.63, 3.8) is 0 Å². The zero-order valence-corrected chi connectivity index (χ0v) is 13.7. The van der Waals surface area contributed by atoms with Gasteiger partial charge in [-0.25, -0.2) is 0 Å². The molecule has 0 bridgehead atoms. The fourth-order valence-corrected chi connectivity index (χ4v) is 2.72. The van der Waals surface area contributed by atoms with Crippen LogP contribution in [0.4, 0.5) is 0 Å². The second kappa shape index (κ2) is 7.78. The molecule has 1 amide bonds. The van der Waals surface area contributed by atoms with E-state index in [4.69, 9.17) is 0 Å². The molecule has 118 valence electrons. The number of carbonyl (C=O) groups is 1. The number of aryl methyl sites for hydroxylation is 2. The standard InChI is InChI=1S/C18H25N3O/c1-4-21-15(3)17(14(2)20-21)10-11-18(22)19-13-12-16-8-6-5-7-9-16/h5-9H,4,10-13H2,1-3H3,(H,19,22). The molecule has 0 saturated carbocycles. The summed E-state index contributed by atoms with van der Waals surface area (Å²) in [5, 5.41) is 7.49. The van der Waals surface area contributed by atoms with Crippen molar-refractivity contribution in [3.05, 3.63) is 52.8 Å². The van der Waals surface area contributed by atoms with Crippen LogP contribution in [0.5, 0.6) is 0 Å². The van der Waals surface area contributed by atoms with E-state index in [1.165, 1.54) is 16.8 Å². The third-order valence-electron chi connectivity index (χ3n) is 4.01. The van der Waals surface area contributed by atoms with E-state index in [1.807, 2.05) is 29.8 Å². The van der Waals surface area contributed by atoms with E-state index < -0.39 is 0 Å². The van der Waals surface area contributed by atoms with E-state index >= 15 is 0 Å². The third-order valence-corrected chi connectivity index (χ3v) is 4.01. The van der Waals surface area contributed by atoms with Gasteiger partial charge in [0.25, 0.3) is 0 Å². The van der Waals surface area contributed by atoms with Gasteiger partial charge < -0.3 is 5.32 Å². The second-order valence-corrected chi connectivity index (χ2v) is 5.55.